The van der Waals surface area contributed by atoms with Gasteiger partial charge in [-0.05, 0) is 40.5 Å². The van der Waals surface area contributed by atoms with Gasteiger partial charge < -0.3 is 25.6 Å². The Balaban J connectivity index is 1.25. The van der Waals surface area contributed by atoms with Gasteiger partial charge in [0.15, 0.2) is 0 Å². The highest BCUT2D eigenvalue weighted by atomic mass is 19.1. The molecule has 4 N–H and O–H groups in total. The molecule has 3 aromatic carbocycles. The fourth-order valence-electron chi connectivity index (χ4n) is 4.12. The number of carboxylic acids is 1. The summed E-state index contributed by atoms with van der Waals surface area (Å²) in [6.45, 7) is -0.110. The third kappa shape index (κ3) is 5.47. The van der Waals surface area contributed by atoms with Gasteiger partial charge in [-0.15, -0.1) is 0 Å². The van der Waals surface area contributed by atoms with Crippen LogP contribution in [-0.4, -0.2) is 47.4 Å². The van der Waals surface area contributed by atoms with Crippen molar-refractivity contribution in [1.82, 2.24) is 5.32 Å². The largest absolute Gasteiger partial charge is 0.478 e. The van der Waals surface area contributed by atoms with Gasteiger partial charge in [-0.1, -0.05) is 48.5 Å². The van der Waals surface area contributed by atoms with Gasteiger partial charge >= 0.3 is 12.1 Å². The number of carboxylic acid groups (broad SMARTS) is 1. The highest BCUT2D eigenvalue weighted by Crippen LogP contribution is 2.44. The van der Waals surface area contributed by atoms with Crippen LogP contribution in [0.1, 0.15) is 33.8 Å². The van der Waals surface area contributed by atoms with Gasteiger partial charge in [0.05, 0.1) is 18.1 Å². The second-order valence-corrected chi connectivity index (χ2v) is 8.11. The molecule has 4 rings (SSSR count). The fourth-order valence-corrected chi connectivity index (χ4v) is 4.12. The molecule has 0 heterocycles. The van der Waals surface area contributed by atoms with Crippen molar-refractivity contribution in [2.45, 2.75) is 18.4 Å². The summed E-state index contributed by atoms with van der Waals surface area (Å²) in [4.78, 5) is 35.3. The number of nitrogens with one attached hydrogen (secondary N) is 2. The summed E-state index contributed by atoms with van der Waals surface area (Å²) in [7, 11) is 0. The van der Waals surface area contributed by atoms with E-state index in [-0.39, 0.29) is 31.2 Å². The molecule has 1 atom stereocenters. The third-order valence-corrected chi connectivity index (χ3v) is 5.73. The van der Waals surface area contributed by atoms with Crippen molar-refractivity contribution in [3.63, 3.8) is 0 Å². The monoisotopic (exact) mass is 478 g/mol. The Morgan fingerprint density at radius 3 is 2.23 bits per heavy atom. The molecule has 1 aliphatic carbocycles. The number of aliphatic hydroxyl groups is 1. The quantitative estimate of drug-likeness (QED) is 0.391. The number of hydrogen-bond donors (Lipinski definition) is 4. The van der Waals surface area contributed by atoms with Crippen molar-refractivity contribution in [3.05, 3.63) is 89.2 Å². The van der Waals surface area contributed by atoms with Gasteiger partial charge in [-0.2, -0.15) is 0 Å². The third-order valence-electron chi connectivity index (χ3n) is 5.73. The van der Waals surface area contributed by atoms with E-state index in [1.165, 1.54) is 6.07 Å². The fraction of sp³-hybridized carbons (Fsp3) is 0.192. The zero-order chi connectivity index (χ0) is 24.9. The summed E-state index contributed by atoms with van der Waals surface area (Å²) in [5.41, 5.74) is 3.85. The molecular formula is C26H23FN2O6. The lowest BCUT2D eigenvalue weighted by molar-refractivity contribution is -0.118. The number of rotatable bonds is 8. The number of hydrogen-bond acceptors (Lipinski definition) is 5. The molecule has 0 aliphatic heterocycles. The number of carbonyl (C=O) groups is 3. The van der Waals surface area contributed by atoms with Gasteiger partial charge in [0.25, 0.3) is 0 Å². The van der Waals surface area contributed by atoms with Crippen molar-refractivity contribution in [3.8, 4) is 11.1 Å². The number of fused-ring (bicyclic) bond motifs is 3. The minimum absolute atomic E-state index is 0.0745. The number of halogens is 1. The van der Waals surface area contributed by atoms with Gasteiger partial charge in [0, 0.05) is 18.2 Å². The molecule has 8 nitrogen and oxygen atoms in total. The number of alkyl carbamates (subject to hydrolysis) is 1. The van der Waals surface area contributed by atoms with E-state index >= 15 is 0 Å². The lowest BCUT2D eigenvalue weighted by atomic mass is 9.98. The number of carbonyl (C=O) groups excluding carboxylic acids is 2. The smallest absolute Gasteiger partial charge is 0.407 e. The topological polar surface area (TPSA) is 125 Å². The van der Waals surface area contributed by atoms with Crippen LogP contribution in [0, 0.1) is 5.82 Å². The first kappa shape index (κ1) is 23.9. The SMILES string of the molecule is O=C(CC(O)CNC(=O)OCC1c2ccccc2-c2ccccc21)Nc1ccc(F)c(C(=O)O)c1. The van der Waals surface area contributed by atoms with E-state index in [0.29, 0.717) is 0 Å². The molecule has 1 unspecified atom stereocenters. The van der Waals surface area contributed by atoms with Crippen molar-refractivity contribution >= 4 is 23.7 Å². The number of aromatic carboxylic acids is 1. The predicted molar refractivity (Wildman–Crippen MR) is 126 cm³/mol. The average molecular weight is 478 g/mol. The Morgan fingerprint density at radius 2 is 1.60 bits per heavy atom. The Morgan fingerprint density at radius 1 is 0.971 bits per heavy atom. The Kier molecular flexibility index (Phi) is 7.07. The van der Waals surface area contributed by atoms with Crippen LogP contribution >= 0.6 is 0 Å². The summed E-state index contributed by atoms with van der Waals surface area (Å²) in [5, 5.41) is 23.9. The van der Waals surface area contributed by atoms with E-state index in [1.807, 2.05) is 48.5 Å². The lowest BCUT2D eigenvalue weighted by Gasteiger charge is -2.16. The van der Waals surface area contributed by atoms with Crippen molar-refractivity contribution in [2.75, 3.05) is 18.5 Å². The van der Waals surface area contributed by atoms with E-state index in [4.69, 9.17) is 9.84 Å². The second-order valence-electron chi connectivity index (χ2n) is 8.11. The molecular weight excluding hydrogens is 455 g/mol. The van der Waals surface area contributed by atoms with Crippen molar-refractivity contribution in [1.29, 1.82) is 0 Å². The van der Waals surface area contributed by atoms with Gasteiger partial charge in [0.2, 0.25) is 5.91 Å². The molecule has 0 bridgehead atoms. The normalized spacial score (nSPS) is 12.9. The first-order valence-electron chi connectivity index (χ1n) is 10.9. The first-order valence-corrected chi connectivity index (χ1v) is 10.9. The molecule has 0 fully saturated rings. The molecule has 1 aliphatic rings. The molecule has 3 aromatic rings. The van der Waals surface area contributed by atoms with E-state index in [1.54, 1.807) is 0 Å². The zero-order valence-corrected chi connectivity index (χ0v) is 18.5. The molecule has 0 saturated heterocycles. The average Bonchev–Trinajstić information content (AvgIpc) is 3.16. The zero-order valence-electron chi connectivity index (χ0n) is 18.5. The van der Waals surface area contributed by atoms with Crippen LogP contribution < -0.4 is 10.6 Å². The van der Waals surface area contributed by atoms with Gasteiger partial charge in [-0.3, -0.25) is 4.79 Å². The standard InChI is InChI=1S/C26H23FN2O6/c27-23-10-9-15(11-21(23)25(32)33)29-24(31)12-16(30)13-28-26(34)35-14-22-19-7-3-1-5-17(19)18-6-2-4-8-20(18)22/h1-11,16,22,30H,12-14H2,(H,28,34)(H,29,31)(H,32,33). The van der Waals surface area contributed by atoms with Gasteiger partial charge in [-0.25, -0.2) is 14.0 Å². The van der Waals surface area contributed by atoms with Crippen LogP contribution in [0.25, 0.3) is 11.1 Å². The Hall–Kier alpha value is -4.24. The molecule has 180 valence electrons. The number of aliphatic hydroxyl groups excluding tert-OH is 1. The Bertz CT molecular complexity index is 1230. The first-order chi connectivity index (χ1) is 16.8. The second kappa shape index (κ2) is 10.4. The number of anilines is 1. The molecule has 0 saturated carbocycles. The van der Waals surface area contributed by atoms with Crippen molar-refractivity contribution < 1.29 is 33.7 Å². The number of benzene rings is 3. The van der Waals surface area contributed by atoms with Crippen LogP contribution in [0.15, 0.2) is 66.7 Å². The molecule has 9 heteroatoms. The van der Waals surface area contributed by atoms with Crippen LogP contribution in [0.2, 0.25) is 0 Å². The maximum Gasteiger partial charge on any atom is 0.407 e. The minimum Gasteiger partial charge on any atom is -0.478 e. The molecule has 0 spiro atoms. The minimum atomic E-state index is -1.47. The summed E-state index contributed by atoms with van der Waals surface area (Å²) in [6.07, 6.45) is -2.31. The van der Waals surface area contributed by atoms with Crippen molar-refractivity contribution in [2.24, 2.45) is 0 Å². The van der Waals surface area contributed by atoms with Crippen LogP contribution in [0.3, 0.4) is 0 Å². The maximum absolute atomic E-state index is 13.5. The maximum atomic E-state index is 13.5. The summed E-state index contributed by atoms with van der Waals surface area (Å²) in [6, 6.07) is 19.0. The van der Waals surface area contributed by atoms with Gasteiger partial charge in [0.1, 0.15) is 12.4 Å². The highest BCUT2D eigenvalue weighted by Gasteiger charge is 2.29. The van der Waals surface area contributed by atoms with E-state index in [0.717, 1.165) is 34.4 Å². The highest BCUT2D eigenvalue weighted by molar-refractivity contribution is 5.94. The Labute approximate surface area is 200 Å². The van der Waals surface area contributed by atoms with Crippen LogP contribution in [-0.2, 0) is 9.53 Å². The molecule has 2 amide bonds. The predicted octanol–water partition coefficient (Wildman–Crippen LogP) is 3.75. The summed E-state index contributed by atoms with van der Waals surface area (Å²) >= 11 is 0. The van der Waals surface area contributed by atoms with Crippen LogP contribution in [0.5, 0.6) is 0 Å². The van der Waals surface area contributed by atoms with E-state index in [2.05, 4.69) is 10.6 Å². The molecule has 0 radical (unpaired) electrons. The summed E-state index contributed by atoms with van der Waals surface area (Å²) in [5.74, 6) is -3.13. The van der Waals surface area contributed by atoms with E-state index < -0.39 is 35.5 Å². The molecule has 0 aromatic heterocycles. The van der Waals surface area contributed by atoms with Crippen LogP contribution in [0.4, 0.5) is 14.9 Å². The number of amides is 2. The number of ether oxygens (including phenoxy) is 1. The summed E-state index contributed by atoms with van der Waals surface area (Å²) < 4.78 is 18.9. The van der Waals surface area contributed by atoms with E-state index in [9.17, 15) is 23.9 Å². The molecule has 35 heavy (non-hydrogen) atoms. The lowest BCUT2D eigenvalue weighted by Crippen LogP contribution is -2.35.